The third-order valence-corrected chi connectivity index (χ3v) is 4.64. The van der Waals surface area contributed by atoms with Gasteiger partial charge in [0.15, 0.2) is 0 Å². The van der Waals surface area contributed by atoms with Crippen molar-refractivity contribution in [1.29, 1.82) is 0 Å². The molecule has 0 bridgehead atoms. The maximum absolute atomic E-state index is 12.1. The molecule has 4 nitrogen and oxygen atoms in total. The molecule has 5 aliphatic rings. The van der Waals surface area contributed by atoms with Gasteiger partial charge in [0.1, 0.15) is 5.67 Å². The van der Waals surface area contributed by atoms with Crippen LogP contribution in [0.1, 0.15) is 33.1 Å². The van der Waals surface area contributed by atoms with Gasteiger partial charge in [-0.25, -0.2) is 4.39 Å². The minimum Gasteiger partial charge on any atom is -0.317 e. The first-order chi connectivity index (χ1) is 10.0. The summed E-state index contributed by atoms with van der Waals surface area (Å²) in [4.78, 5) is 0. The van der Waals surface area contributed by atoms with Gasteiger partial charge in [0.2, 0.25) is 0 Å². The van der Waals surface area contributed by atoms with E-state index in [9.17, 15) is 4.39 Å². The molecule has 4 N–H and O–H groups in total. The normalized spacial score (nSPS) is 29.3. The Morgan fingerprint density at radius 1 is 0.857 bits per heavy atom. The van der Waals surface area contributed by atoms with E-state index in [2.05, 4.69) is 28.2 Å². The van der Waals surface area contributed by atoms with Crippen molar-refractivity contribution in [2.45, 2.75) is 38.8 Å². The second-order valence-corrected chi connectivity index (χ2v) is 7.49. The van der Waals surface area contributed by atoms with Crippen molar-refractivity contribution < 1.29 is 4.39 Å². The van der Waals surface area contributed by atoms with E-state index >= 15 is 0 Å². The number of alkyl halides is 1. The maximum atomic E-state index is 12.1. The van der Waals surface area contributed by atoms with Crippen molar-refractivity contribution in [3.8, 4) is 0 Å². The predicted molar refractivity (Wildman–Crippen MR) is 86.4 cm³/mol. The van der Waals surface area contributed by atoms with Crippen LogP contribution in [0.4, 0.5) is 4.39 Å². The third kappa shape index (κ3) is 6.59. The zero-order chi connectivity index (χ0) is 15.2. The van der Waals surface area contributed by atoms with Gasteiger partial charge in [-0.05, 0) is 63.7 Å². The van der Waals surface area contributed by atoms with Gasteiger partial charge < -0.3 is 21.3 Å². The van der Waals surface area contributed by atoms with Gasteiger partial charge >= 0.3 is 0 Å². The quantitative estimate of drug-likeness (QED) is 0.537. The minimum absolute atomic E-state index is 0.535. The Bertz CT molecular complexity index is 273. The first-order valence-electron chi connectivity index (χ1n) is 8.53. The number of halogens is 1. The fourth-order valence-electron chi connectivity index (χ4n) is 2.09. The van der Waals surface area contributed by atoms with Crippen LogP contribution in [0.3, 0.4) is 0 Å². The van der Waals surface area contributed by atoms with Gasteiger partial charge in [-0.1, -0.05) is 6.92 Å². The van der Waals surface area contributed by atoms with Crippen molar-refractivity contribution in [2.75, 3.05) is 52.4 Å². The monoisotopic (exact) mass is 300 g/mol. The summed E-state index contributed by atoms with van der Waals surface area (Å²) in [5.41, 5.74) is -0.0278. The molecule has 5 fully saturated rings. The summed E-state index contributed by atoms with van der Waals surface area (Å²) >= 11 is 0. The molecule has 0 aromatic carbocycles. The summed E-state index contributed by atoms with van der Waals surface area (Å²) in [5.74, 6) is 0.954. The van der Waals surface area contributed by atoms with Crippen LogP contribution in [0.15, 0.2) is 0 Å². The van der Waals surface area contributed by atoms with E-state index in [0.717, 1.165) is 11.3 Å². The van der Waals surface area contributed by atoms with E-state index in [-0.39, 0.29) is 0 Å². The number of hydrogen-bond donors (Lipinski definition) is 4. The second kappa shape index (κ2) is 7.86. The molecule has 0 aromatic rings. The molecule has 0 amide bonds. The van der Waals surface area contributed by atoms with Gasteiger partial charge in [-0.2, -0.15) is 0 Å². The Hall–Kier alpha value is -0.230. The van der Waals surface area contributed by atoms with Crippen molar-refractivity contribution in [3.63, 3.8) is 0 Å². The van der Waals surface area contributed by atoms with Crippen LogP contribution in [-0.4, -0.2) is 58.0 Å². The summed E-state index contributed by atoms with van der Waals surface area (Å²) in [6.07, 6.45) is 4.39. The first-order valence-corrected chi connectivity index (χ1v) is 8.53. The lowest BCUT2D eigenvalue weighted by atomic mass is 10.0. The fraction of sp³-hybridized carbons (Fsp3) is 1.00. The average Bonchev–Trinajstić information content (AvgIpc) is 3.03. The van der Waals surface area contributed by atoms with E-state index in [1.807, 2.05) is 0 Å². The van der Waals surface area contributed by atoms with E-state index in [4.69, 9.17) is 0 Å². The molecule has 0 atom stereocenters. The molecule has 5 heteroatoms. The van der Waals surface area contributed by atoms with Crippen LogP contribution in [0.2, 0.25) is 0 Å². The molecule has 1 spiro atoms. The molecule has 5 rings (SSSR count). The average molecular weight is 300 g/mol. The number of hydrogen-bond acceptors (Lipinski definition) is 4. The minimum atomic E-state index is -0.889. The van der Waals surface area contributed by atoms with E-state index in [1.54, 1.807) is 6.92 Å². The standard InChI is InChI=1S/C5H9N.C4H8FN.C4H9N.C3H7N/c1-2-5(1)3-6-4-5;1-4(5)2-6-3-4;1-4-2-5-3-4;1-2-4-3-1/h6H,1-4H2;6H,2-3H2,1H3;4-5H,2-3H2,1H3;4H,1-3H2. The molecular formula is C16H33FN4. The highest BCUT2D eigenvalue weighted by molar-refractivity contribution is 5.03. The van der Waals surface area contributed by atoms with Crippen LogP contribution in [0.5, 0.6) is 0 Å². The Morgan fingerprint density at radius 3 is 1.24 bits per heavy atom. The van der Waals surface area contributed by atoms with Gasteiger partial charge in [0.05, 0.1) is 0 Å². The zero-order valence-corrected chi connectivity index (χ0v) is 13.7. The highest BCUT2D eigenvalue weighted by Crippen LogP contribution is 2.48. The molecule has 124 valence electrons. The molecule has 0 radical (unpaired) electrons. The number of nitrogens with one attached hydrogen (secondary N) is 4. The molecular weight excluding hydrogens is 267 g/mol. The Morgan fingerprint density at radius 2 is 1.24 bits per heavy atom. The topological polar surface area (TPSA) is 48.1 Å². The third-order valence-electron chi connectivity index (χ3n) is 4.64. The molecule has 1 saturated carbocycles. The fourth-order valence-corrected chi connectivity index (χ4v) is 2.09. The van der Waals surface area contributed by atoms with Crippen LogP contribution in [0, 0.1) is 11.3 Å². The molecule has 0 unspecified atom stereocenters. The summed E-state index contributed by atoms with van der Waals surface area (Å²) in [6, 6.07) is 0. The van der Waals surface area contributed by atoms with Gasteiger partial charge in [-0.3, -0.25) is 0 Å². The summed E-state index contributed by atoms with van der Waals surface area (Å²) in [6.45, 7) is 12.5. The number of rotatable bonds is 0. The van der Waals surface area contributed by atoms with Crippen LogP contribution in [-0.2, 0) is 0 Å². The van der Waals surface area contributed by atoms with Gasteiger partial charge in [0, 0.05) is 26.2 Å². The Labute approximate surface area is 129 Å². The second-order valence-electron chi connectivity index (χ2n) is 7.49. The lowest BCUT2D eigenvalue weighted by Crippen LogP contribution is -2.53. The van der Waals surface area contributed by atoms with Crippen LogP contribution in [0.25, 0.3) is 0 Å². The molecule has 21 heavy (non-hydrogen) atoms. The SMILES string of the molecule is C1CC12CNC2.C1CNC1.CC1(F)CNC1.CC1CNC1. The lowest BCUT2D eigenvalue weighted by Gasteiger charge is -2.30. The Balaban J connectivity index is 0.000000104. The molecule has 4 heterocycles. The van der Waals surface area contributed by atoms with E-state index in [1.165, 1.54) is 58.5 Å². The molecule has 1 aliphatic carbocycles. The Kier molecular flexibility index (Phi) is 6.41. The lowest BCUT2D eigenvalue weighted by molar-refractivity contribution is 0.113. The van der Waals surface area contributed by atoms with E-state index < -0.39 is 5.67 Å². The highest BCUT2D eigenvalue weighted by atomic mass is 19.1. The van der Waals surface area contributed by atoms with Crippen LogP contribution >= 0.6 is 0 Å². The van der Waals surface area contributed by atoms with Gasteiger partial charge in [0.25, 0.3) is 0 Å². The van der Waals surface area contributed by atoms with Crippen molar-refractivity contribution in [3.05, 3.63) is 0 Å². The summed E-state index contributed by atoms with van der Waals surface area (Å²) in [5, 5.41) is 12.4. The molecule has 4 aliphatic heterocycles. The van der Waals surface area contributed by atoms with Crippen molar-refractivity contribution in [1.82, 2.24) is 21.3 Å². The predicted octanol–water partition coefficient (Wildman–Crippen LogP) is 0.893. The maximum Gasteiger partial charge on any atom is 0.132 e. The summed E-state index contributed by atoms with van der Waals surface area (Å²) in [7, 11) is 0. The molecule has 4 saturated heterocycles. The van der Waals surface area contributed by atoms with Gasteiger partial charge in [-0.15, -0.1) is 0 Å². The van der Waals surface area contributed by atoms with Crippen molar-refractivity contribution >= 4 is 0 Å². The highest BCUT2D eigenvalue weighted by Gasteiger charge is 2.47. The first kappa shape index (κ1) is 17.1. The van der Waals surface area contributed by atoms with E-state index in [0.29, 0.717) is 13.1 Å². The summed E-state index contributed by atoms with van der Waals surface area (Å²) < 4.78 is 12.1. The largest absolute Gasteiger partial charge is 0.317 e. The zero-order valence-electron chi connectivity index (χ0n) is 13.7. The smallest absolute Gasteiger partial charge is 0.132 e. The molecule has 0 aromatic heterocycles. The van der Waals surface area contributed by atoms with Crippen LogP contribution < -0.4 is 21.3 Å². The van der Waals surface area contributed by atoms with Crippen molar-refractivity contribution in [2.24, 2.45) is 11.3 Å².